The van der Waals surface area contributed by atoms with Crippen LogP contribution in [0.2, 0.25) is 0 Å². The Morgan fingerprint density at radius 1 is 1.11 bits per heavy atom. The van der Waals surface area contributed by atoms with Crippen LogP contribution in [-0.2, 0) is 6.54 Å². The Bertz CT molecular complexity index is 567. The molecule has 0 atom stereocenters. The molecule has 1 aromatic carbocycles. The summed E-state index contributed by atoms with van der Waals surface area (Å²) in [5.41, 5.74) is 0.947. The van der Waals surface area contributed by atoms with E-state index >= 15 is 0 Å². The molecule has 1 aromatic heterocycles. The average Bonchev–Trinajstić information content (AvgIpc) is 2.96. The van der Waals surface area contributed by atoms with Gasteiger partial charge in [0.2, 0.25) is 0 Å². The first-order valence-corrected chi connectivity index (χ1v) is 6.80. The molecule has 2 rings (SSSR count). The summed E-state index contributed by atoms with van der Waals surface area (Å²) in [6, 6.07) is 13.4. The summed E-state index contributed by atoms with van der Waals surface area (Å²) in [6.45, 7) is 0.890. The predicted octanol–water partition coefficient (Wildman–Crippen LogP) is 2.60. The lowest BCUT2D eigenvalue weighted by atomic mass is 10.2. The quantitative estimate of drug-likeness (QED) is 0.827. The zero-order valence-corrected chi connectivity index (χ0v) is 11.2. The van der Waals surface area contributed by atoms with E-state index in [0.717, 1.165) is 10.4 Å². The van der Waals surface area contributed by atoms with Crippen LogP contribution in [0.4, 0.5) is 4.79 Å². The van der Waals surface area contributed by atoms with Crippen molar-refractivity contribution in [3.05, 3.63) is 58.3 Å². The van der Waals surface area contributed by atoms with Crippen molar-refractivity contribution in [2.24, 2.45) is 0 Å². The van der Waals surface area contributed by atoms with Crippen molar-refractivity contribution in [1.82, 2.24) is 10.6 Å². The third-order valence-electron chi connectivity index (χ3n) is 2.35. The molecule has 0 bridgehead atoms. The fourth-order valence-corrected chi connectivity index (χ4v) is 2.08. The van der Waals surface area contributed by atoms with Gasteiger partial charge in [0, 0.05) is 10.4 Å². The summed E-state index contributed by atoms with van der Waals surface area (Å²) in [5.74, 6) is 5.89. The Balaban J connectivity index is 1.68. The fourth-order valence-electron chi connectivity index (χ4n) is 1.44. The van der Waals surface area contributed by atoms with Crippen LogP contribution < -0.4 is 10.6 Å². The number of amides is 2. The van der Waals surface area contributed by atoms with Gasteiger partial charge in [-0.15, -0.1) is 11.3 Å². The van der Waals surface area contributed by atoms with Gasteiger partial charge in [0.1, 0.15) is 0 Å². The van der Waals surface area contributed by atoms with Gasteiger partial charge in [-0.1, -0.05) is 36.1 Å². The monoisotopic (exact) mass is 270 g/mol. The fraction of sp³-hybridized carbons (Fsp3) is 0.133. The molecule has 1 heterocycles. The highest BCUT2D eigenvalue weighted by atomic mass is 32.1. The standard InChI is InChI=1S/C15H14N2OS/c18-15(17-12-14-9-5-11-19-14)16-10-4-8-13-6-2-1-3-7-13/h1-3,5-7,9,11H,10,12H2,(H2,16,17,18). The number of rotatable bonds is 3. The Hall–Kier alpha value is -2.25. The first-order valence-electron chi connectivity index (χ1n) is 5.92. The number of benzene rings is 1. The zero-order chi connectivity index (χ0) is 13.3. The molecule has 0 radical (unpaired) electrons. The molecular formula is C15H14N2OS. The summed E-state index contributed by atoms with van der Waals surface area (Å²) in [7, 11) is 0. The maximum absolute atomic E-state index is 11.5. The summed E-state index contributed by atoms with van der Waals surface area (Å²) < 4.78 is 0. The van der Waals surface area contributed by atoms with Crippen molar-refractivity contribution in [1.29, 1.82) is 0 Å². The highest BCUT2D eigenvalue weighted by Gasteiger charge is 1.98. The first kappa shape index (κ1) is 13.2. The van der Waals surface area contributed by atoms with Crippen LogP contribution in [0.25, 0.3) is 0 Å². The second-order valence-electron chi connectivity index (χ2n) is 3.78. The van der Waals surface area contributed by atoms with Gasteiger partial charge >= 0.3 is 6.03 Å². The van der Waals surface area contributed by atoms with Gasteiger partial charge < -0.3 is 10.6 Å². The van der Waals surface area contributed by atoms with Crippen molar-refractivity contribution < 1.29 is 4.79 Å². The third-order valence-corrected chi connectivity index (χ3v) is 3.22. The van der Waals surface area contributed by atoms with E-state index in [1.807, 2.05) is 47.8 Å². The Morgan fingerprint density at radius 2 is 1.95 bits per heavy atom. The molecule has 0 unspecified atom stereocenters. The molecule has 96 valence electrons. The number of carbonyl (C=O) groups excluding carboxylic acids is 1. The molecule has 0 saturated carbocycles. The third kappa shape index (κ3) is 4.86. The maximum atomic E-state index is 11.5. The molecule has 0 fully saturated rings. The topological polar surface area (TPSA) is 41.1 Å². The molecule has 2 N–H and O–H groups in total. The maximum Gasteiger partial charge on any atom is 0.315 e. The van der Waals surface area contributed by atoms with Gasteiger partial charge in [0.25, 0.3) is 0 Å². The number of urea groups is 1. The van der Waals surface area contributed by atoms with Crippen LogP contribution in [0.1, 0.15) is 10.4 Å². The molecular weight excluding hydrogens is 256 g/mol. The molecule has 0 saturated heterocycles. The largest absolute Gasteiger partial charge is 0.333 e. The van der Waals surface area contributed by atoms with Crippen molar-refractivity contribution in [3.63, 3.8) is 0 Å². The molecule has 3 nitrogen and oxygen atoms in total. The second kappa shape index (κ2) is 7.24. The number of thiophene rings is 1. The lowest BCUT2D eigenvalue weighted by molar-refractivity contribution is 0.242. The minimum Gasteiger partial charge on any atom is -0.333 e. The number of carbonyl (C=O) groups is 1. The lowest BCUT2D eigenvalue weighted by Crippen LogP contribution is -2.34. The van der Waals surface area contributed by atoms with E-state index in [4.69, 9.17) is 0 Å². The van der Waals surface area contributed by atoms with Gasteiger partial charge in [0.05, 0.1) is 13.1 Å². The predicted molar refractivity (Wildman–Crippen MR) is 77.9 cm³/mol. The average molecular weight is 270 g/mol. The van der Waals surface area contributed by atoms with Crippen LogP contribution in [0.5, 0.6) is 0 Å². The summed E-state index contributed by atoms with van der Waals surface area (Å²) >= 11 is 1.62. The molecule has 2 aromatic rings. The molecule has 0 spiro atoms. The number of nitrogens with one attached hydrogen (secondary N) is 2. The summed E-state index contributed by atoms with van der Waals surface area (Å²) in [5, 5.41) is 7.46. The minimum atomic E-state index is -0.198. The zero-order valence-electron chi connectivity index (χ0n) is 10.3. The Kier molecular flexibility index (Phi) is 5.03. The molecule has 4 heteroatoms. The van der Waals surface area contributed by atoms with Crippen LogP contribution in [-0.4, -0.2) is 12.6 Å². The summed E-state index contributed by atoms with van der Waals surface area (Å²) in [4.78, 5) is 12.6. The molecule has 0 aliphatic carbocycles. The highest BCUT2D eigenvalue weighted by molar-refractivity contribution is 7.09. The van der Waals surface area contributed by atoms with E-state index in [9.17, 15) is 4.79 Å². The van der Waals surface area contributed by atoms with Crippen LogP contribution in [0.15, 0.2) is 47.8 Å². The van der Waals surface area contributed by atoms with E-state index in [1.165, 1.54) is 0 Å². The normalized spacial score (nSPS) is 9.26. The van der Waals surface area contributed by atoms with Crippen molar-refractivity contribution >= 4 is 17.4 Å². The smallest absolute Gasteiger partial charge is 0.315 e. The van der Waals surface area contributed by atoms with E-state index in [1.54, 1.807) is 11.3 Å². The number of hydrogen-bond acceptors (Lipinski definition) is 2. The van der Waals surface area contributed by atoms with Gasteiger partial charge in [-0.3, -0.25) is 0 Å². The van der Waals surface area contributed by atoms with Crippen LogP contribution >= 0.6 is 11.3 Å². The molecule has 0 aliphatic rings. The molecule has 2 amide bonds. The second-order valence-corrected chi connectivity index (χ2v) is 4.82. The van der Waals surface area contributed by atoms with Crippen LogP contribution in [0.3, 0.4) is 0 Å². The van der Waals surface area contributed by atoms with Gasteiger partial charge in [-0.05, 0) is 23.6 Å². The lowest BCUT2D eigenvalue weighted by Gasteiger charge is -2.03. The molecule has 0 aliphatic heterocycles. The van der Waals surface area contributed by atoms with E-state index < -0.39 is 0 Å². The van der Waals surface area contributed by atoms with Crippen molar-refractivity contribution in [2.45, 2.75) is 6.54 Å². The summed E-state index contributed by atoms with van der Waals surface area (Å²) in [6.07, 6.45) is 0. The Morgan fingerprint density at radius 3 is 2.68 bits per heavy atom. The van der Waals surface area contributed by atoms with Gasteiger partial charge in [-0.25, -0.2) is 4.79 Å². The van der Waals surface area contributed by atoms with E-state index in [-0.39, 0.29) is 6.03 Å². The van der Waals surface area contributed by atoms with Crippen molar-refractivity contribution in [3.8, 4) is 11.8 Å². The number of hydrogen-bond donors (Lipinski definition) is 2. The van der Waals surface area contributed by atoms with Crippen LogP contribution in [0, 0.1) is 11.8 Å². The van der Waals surface area contributed by atoms with Gasteiger partial charge in [-0.2, -0.15) is 0 Å². The van der Waals surface area contributed by atoms with Gasteiger partial charge in [0.15, 0.2) is 0 Å². The molecule has 19 heavy (non-hydrogen) atoms. The first-order chi connectivity index (χ1) is 9.34. The SMILES string of the molecule is O=C(NCC#Cc1ccccc1)NCc1cccs1. The van der Waals surface area contributed by atoms with Crippen molar-refractivity contribution in [2.75, 3.05) is 6.54 Å². The highest BCUT2D eigenvalue weighted by Crippen LogP contribution is 2.06. The van der Waals surface area contributed by atoms with E-state index in [0.29, 0.717) is 13.1 Å². The Labute approximate surface area is 116 Å². The van der Waals surface area contributed by atoms with E-state index in [2.05, 4.69) is 22.5 Å². The minimum absolute atomic E-state index is 0.198.